The van der Waals surface area contributed by atoms with E-state index in [1.165, 1.54) is 0 Å². The van der Waals surface area contributed by atoms with Gasteiger partial charge in [-0.05, 0) is 44.0 Å². The standard InChI is InChI=1S/C13H16O3/c1-13(2,3)16-12(14)9-4-5-10-7-15-8-11(10)6-9/h4-6H,7-8H2,1-3H3. The molecule has 0 spiro atoms. The molecule has 0 unspecified atom stereocenters. The normalized spacial score (nSPS) is 14.7. The van der Waals surface area contributed by atoms with Gasteiger partial charge in [-0.15, -0.1) is 0 Å². The fourth-order valence-corrected chi connectivity index (χ4v) is 1.64. The van der Waals surface area contributed by atoms with Crippen LogP contribution in [0.4, 0.5) is 0 Å². The molecule has 1 aromatic rings. The Kier molecular flexibility index (Phi) is 2.72. The third-order valence-corrected chi connectivity index (χ3v) is 2.36. The summed E-state index contributed by atoms with van der Waals surface area (Å²) in [7, 11) is 0. The highest BCUT2D eigenvalue weighted by molar-refractivity contribution is 5.90. The van der Waals surface area contributed by atoms with E-state index in [0.29, 0.717) is 18.8 Å². The van der Waals surface area contributed by atoms with Gasteiger partial charge in [-0.2, -0.15) is 0 Å². The van der Waals surface area contributed by atoms with Crippen molar-refractivity contribution in [2.75, 3.05) is 0 Å². The van der Waals surface area contributed by atoms with E-state index >= 15 is 0 Å². The molecule has 0 fully saturated rings. The van der Waals surface area contributed by atoms with Crippen LogP contribution in [0.25, 0.3) is 0 Å². The molecule has 0 saturated carbocycles. The van der Waals surface area contributed by atoms with Crippen molar-refractivity contribution in [3.63, 3.8) is 0 Å². The van der Waals surface area contributed by atoms with Crippen LogP contribution >= 0.6 is 0 Å². The van der Waals surface area contributed by atoms with Gasteiger partial charge < -0.3 is 9.47 Å². The van der Waals surface area contributed by atoms with Gasteiger partial charge in [-0.3, -0.25) is 0 Å². The summed E-state index contributed by atoms with van der Waals surface area (Å²) in [4.78, 5) is 11.8. The lowest BCUT2D eigenvalue weighted by atomic mass is 10.1. The lowest BCUT2D eigenvalue weighted by Crippen LogP contribution is -2.23. The maximum atomic E-state index is 11.8. The second-order valence-electron chi connectivity index (χ2n) is 4.98. The van der Waals surface area contributed by atoms with Crippen LogP contribution in [-0.4, -0.2) is 11.6 Å². The average Bonchev–Trinajstić information content (AvgIpc) is 2.61. The largest absolute Gasteiger partial charge is 0.456 e. The zero-order valence-corrected chi connectivity index (χ0v) is 9.87. The van der Waals surface area contributed by atoms with Crippen molar-refractivity contribution in [2.24, 2.45) is 0 Å². The number of rotatable bonds is 1. The summed E-state index contributed by atoms with van der Waals surface area (Å²) < 4.78 is 10.6. The number of carbonyl (C=O) groups excluding carboxylic acids is 1. The highest BCUT2D eigenvalue weighted by Gasteiger charge is 2.19. The minimum Gasteiger partial charge on any atom is -0.456 e. The van der Waals surface area contributed by atoms with Crippen LogP contribution in [0, 0.1) is 0 Å². The van der Waals surface area contributed by atoms with E-state index in [4.69, 9.17) is 9.47 Å². The van der Waals surface area contributed by atoms with Crippen LogP contribution < -0.4 is 0 Å². The Bertz CT molecular complexity index is 416. The third-order valence-electron chi connectivity index (χ3n) is 2.36. The van der Waals surface area contributed by atoms with Gasteiger partial charge in [-0.25, -0.2) is 4.79 Å². The highest BCUT2D eigenvalue weighted by atomic mass is 16.6. The van der Waals surface area contributed by atoms with Crippen molar-refractivity contribution in [1.82, 2.24) is 0 Å². The van der Waals surface area contributed by atoms with Gasteiger partial charge in [0.2, 0.25) is 0 Å². The van der Waals surface area contributed by atoms with E-state index in [2.05, 4.69) is 0 Å². The van der Waals surface area contributed by atoms with Gasteiger partial charge in [0.1, 0.15) is 5.60 Å². The number of fused-ring (bicyclic) bond motifs is 1. The van der Waals surface area contributed by atoms with Crippen LogP contribution in [0.3, 0.4) is 0 Å². The minimum absolute atomic E-state index is 0.276. The van der Waals surface area contributed by atoms with Crippen LogP contribution in [0.15, 0.2) is 18.2 Å². The molecule has 0 aliphatic carbocycles. The predicted molar refractivity (Wildman–Crippen MR) is 60.1 cm³/mol. The molecule has 0 N–H and O–H groups in total. The Labute approximate surface area is 95.4 Å². The first kappa shape index (κ1) is 11.1. The summed E-state index contributed by atoms with van der Waals surface area (Å²) in [5.74, 6) is -0.276. The Hall–Kier alpha value is -1.35. The topological polar surface area (TPSA) is 35.5 Å². The minimum atomic E-state index is -0.452. The monoisotopic (exact) mass is 220 g/mol. The maximum Gasteiger partial charge on any atom is 0.338 e. The zero-order valence-electron chi connectivity index (χ0n) is 9.87. The molecule has 0 amide bonds. The second kappa shape index (κ2) is 3.91. The SMILES string of the molecule is CC(C)(C)OC(=O)c1ccc2c(c1)COC2. The first-order valence-electron chi connectivity index (χ1n) is 5.38. The molecule has 0 radical (unpaired) electrons. The summed E-state index contributed by atoms with van der Waals surface area (Å²) in [6.07, 6.45) is 0. The Morgan fingerprint density at radius 1 is 1.25 bits per heavy atom. The molecule has 3 nitrogen and oxygen atoms in total. The van der Waals surface area contributed by atoms with Crippen LogP contribution in [0.2, 0.25) is 0 Å². The van der Waals surface area contributed by atoms with Crippen molar-refractivity contribution in [3.8, 4) is 0 Å². The number of ether oxygens (including phenoxy) is 2. The van der Waals surface area contributed by atoms with Crippen LogP contribution in [0.1, 0.15) is 42.3 Å². The molecular weight excluding hydrogens is 204 g/mol. The number of hydrogen-bond acceptors (Lipinski definition) is 3. The summed E-state index contributed by atoms with van der Waals surface area (Å²) in [5.41, 5.74) is 2.39. The van der Waals surface area contributed by atoms with Crippen molar-refractivity contribution < 1.29 is 14.3 Å². The molecule has 0 aromatic heterocycles. The smallest absolute Gasteiger partial charge is 0.338 e. The van der Waals surface area contributed by atoms with E-state index in [-0.39, 0.29) is 5.97 Å². The fourth-order valence-electron chi connectivity index (χ4n) is 1.64. The number of hydrogen-bond donors (Lipinski definition) is 0. The van der Waals surface area contributed by atoms with E-state index in [1.54, 1.807) is 6.07 Å². The van der Waals surface area contributed by atoms with Crippen molar-refractivity contribution in [3.05, 3.63) is 34.9 Å². The Morgan fingerprint density at radius 2 is 1.94 bits per heavy atom. The molecule has 0 saturated heterocycles. The molecule has 3 heteroatoms. The third kappa shape index (κ3) is 2.42. The molecule has 0 bridgehead atoms. The van der Waals surface area contributed by atoms with Gasteiger partial charge in [0.05, 0.1) is 18.8 Å². The molecule has 2 rings (SSSR count). The van der Waals surface area contributed by atoms with Gasteiger partial charge in [0.15, 0.2) is 0 Å². The predicted octanol–water partition coefficient (Wildman–Crippen LogP) is 2.67. The number of benzene rings is 1. The van der Waals surface area contributed by atoms with E-state index < -0.39 is 5.60 Å². The number of carbonyl (C=O) groups is 1. The molecule has 1 aromatic carbocycles. The van der Waals surface area contributed by atoms with Gasteiger partial charge in [-0.1, -0.05) is 6.07 Å². The van der Waals surface area contributed by atoms with E-state index in [0.717, 1.165) is 11.1 Å². The average molecular weight is 220 g/mol. The first-order valence-corrected chi connectivity index (χ1v) is 5.38. The summed E-state index contributed by atoms with van der Waals surface area (Å²) >= 11 is 0. The van der Waals surface area contributed by atoms with Gasteiger partial charge in [0.25, 0.3) is 0 Å². The fraction of sp³-hybridized carbons (Fsp3) is 0.462. The molecule has 0 atom stereocenters. The number of esters is 1. The lowest BCUT2D eigenvalue weighted by Gasteiger charge is -2.19. The second-order valence-corrected chi connectivity index (χ2v) is 4.98. The molecule has 1 aliphatic rings. The Morgan fingerprint density at radius 3 is 2.62 bits per heavy atom. The molecule has 1 aliphatic heterocycles. The van der Waals surface area contributed by atoms with Crippen LogP contribution in [0.5, 0.6) is 0 Å². The molecule has 86 valence electrons. The van der Waals surface area contributed by atoms with Crippen molar-refractivity contribution >= 4 is 5.97 Å². The molecular formula is C13H16O3. The van der Waals surface area contributed by atoms with Gasteiger partial charge >= 0.3 is 5.97 Å². The van der Waals surface area contributed by atoms with Gasteiger partial charge in [0, 0.05) is 0 Å². The quantitative estimate of drug-likeness (QED) is 0.682. The zero-order chi connectivity index (χ0) is 11.8. The molecule has 1 heterocycles. The highest BCUT2D eigenvalue weighted by Crippen LogP contribution is 2.22. The van der Waals surface area contributed by atoms with E-state index in [1.807, 2.05) is 32.9 Å². The summed E-state index contributed by atoms with van der Waals surface area (Å²) in [6.45, 7) is 6.82. The Balaban J connectivity index is 2.19. The van der Waals surface area contributed by atoms with E-state index in [9.17, 15) is 4.79 Å². The van der Waals surface area contributed by atoms with Crippen molar-refractivity contribution in [1.29, 1.82) is 0 Å². The van der Waals surface area contributed by atoms with Crippen molar-refractivity contribution in [2.45, 2.75) is 39.6 Å². The van der Waals surface area contributed by atoms with Crippen LogP contribution in [-0.2, 0) is 22.7 Å². The summed E-state index contributed by atoms with van der Waals surface area (Å²) in [5, 5.41) is 0. The first-order chi connectivity index (χ1) is 7.46. The maximum absolute atomic E-state index is 11.8. The summed E-state index contributed by atoms with van der Waals surface area (Å²) in [6, 6.07) is 5.58. The molecule has 16 heavy (non-hydrogen) atoms. The lowest BCUT2D eigenvalue weighted by molar-refractivity contribution is 0.00694.